The number of aromatic carboxylic acids is 1. The van der Waals surface area contributed by atoms with Crippen molar-refractivity contribution < 1.29 is 24.2 Å². The standard InChI is InChI=1S/C12H14O5/c1-3-10(12(15)16-2)17-9-6-4-8(5-7-9)11(13)14/h4-7,10H,3H2,1-2H3,(H,13,14). The first kappa shape index (κ1) is 13.0. The van der Waals surface area contributed by atoms with Crippen LogP contribution in [0.5, 0.6) is 5.75 Å². The third-order valence-corrected chi connectivity index (χ3v) is 2.21. The summed E-state index contributed by atoms with van der Waals surface area (Å²) in [6, 6.07) is 5.85. The molecule has 1 aromatic carbocycles. The zero-order valence-electron chi connectivity index (χ0n) is 9.67. The molecule has 1 unspecified atom stereocenters. The monoisotopic (exact) mass is 238 g/mol. The molecule has 0 radical (unpaired) electrons. The zero-order chi connectivity index (χ0) is 12.8. The van der Waals surface area contributed by atoms with E-state index in [9.17, 15) is 9.59 Å². The van der Waals surface area contributed by atoms with Gasteiger partial charge in [-0.2, -0.15) is 0 Å². The summed E-state index contributed by atoms with van der Waals surface area (Å²) in [6.45, 7) is 1.80. The van der Waals surface area contributed by atoms with Gasteiger partial charge in [0.1, 0.15) is 5.75 Å². The number of ether oxygens (including phenoxy) is 2. The van der Waals surface area contributed by atoms with Gasteiger partial charge in [0.05, 0.1) is 12.7 Å². The summed E-state index contributed by atoms with van der Waals surface area (Å²) in [5.41, 5.74) is 0.170. The van der Waals surface area contributed by atoms with Crippen LogP contribution in [-0.2, 0) is 9.53 Å². The molecule has 0 aliphatic heterocycles. The van der Waals surface area contributed by atoms with Gasteiger partial charge in [0, 0.05) is 0 Å². The second-order valence-corrected chi connectivity index (χ2v) is 3.37. The molecule has 92 valence electrons. The normalized spacial score (nSPS) is 11.6. The predicted octanol–water partition coefficient (Wildman–Crippen LogP) is 1.72. The highest BCUT2D eigenvalue weighted by molar-refractivity contribution is 5.87. The molecule has 0 amide bonds. The predicted molar refractivity (Wildman–Crippen MR) is 60.1 cm³/mol. The molecule has 0 heterocycles. The molecule has 0 saturated carbocycles. The number of benzene rings is 1. The molecule has 1 N–H and O–H groups in total. The van der Waals surface area contributed by atoms with Crippen LogP contribution in [-0.4, -0.2) is 30.3 Å². The van der Waals surface area contributed by atoms with Crippen LogP contribution in [0.2, 0.25) is 0 Å². The molecule has 1 aromatic rings. The van der Waals surface area contributed by atoms with Gasteiger partial charge in [-0.25, -0.2) is 9.59 Å². The molecule has 0 aliphatic carbocycles. The highest BCUT2D eigenvalue weighted by Crippen LogP contribution is 2.15. The molecule has 5 nitrogen and oxygen atoms in total. The second-order valence-electron chi connectivity index (χ2n) is 3.37. The van der Waals surface area contributed by atoms with Gasteiger partial charge in [-0.15, -0.1) is 0 Å². The Kier molecular flexibility index (Phi) is 4.51. The Labute approximate surface area is 99.0 Å². The van der Waals surface area contributed by atoms with Crippen molar-refractivity contribution in [3.05, 3.63) is 29.8 Å². The average molecular weight is 238 g/mol. The zero-order valence-corrected chi connectivity index (χ0v) is 9.67. The lowest BCUT2D eigenvalue weighted by Crippen LogP contribution is -2.27. The van der Waals surface area contributed by atoms with E-state index in [0.717, 1.165) is 0 Å². The number of hydrogen-bond acceptors (Lipinski definition) is 4. The first-order valence-electron chi connectivity index (χ1n) is 5.16. The minimum atomic E-state index is -1.00. The van der Waals surface area contributed by atoms with Crippen LogP contribution in [0.15, 0.2) is 24.3 Å². The van der Waals surface area contributed by atoms with E-state index in [1.54, 1.807) is 6.92 Å². The first-order chi connectivity index (χ1) is 8.08. The van der Waals surface area contributed by atoms with Crippen LogP contribution in [0.1, 0.15) is 23.7 Å². The van der Waals surface area contributed by atoms with Crippen LogP contribution in [0.25, 0.3) is 0 Å². The minimum absolute atomic E-state index is 0.170. The van der Waals surface area contributed by atoms with Crippen molar-refractivity contribution in [2.45, 2.75) is 19.4 Å². The van der Waals surface area contributed by atoms with Gasteiger partial charge in [-0.3, -0.25) is 0 Å². The highest BCUT2D eigenvalue weighted by atomic mass is 16.6. The van der Waals surface area contributed by atoms with Crippen LogP contribution in [0.4, 0.5) is 0 Å². The van der Waals surface area contributed by atoms with E-state index < -0.39 is 18.0 Å². The summed E-state index contributed by atoms with van der Waals surface area (Å²) in [5, 5.41) is 8.72. The fourth-order valence-electron chi connectivity index (χ4n) is 1.27. The quantitative estimate of drug-likeness (QED) is 0.790. The number of hydrogen-bond donors (Lipinski definition) is 1. The van der Waals surface area contributed by atoms with E-state index in [0.29, 0.717) is 12.2 Å². The number of carbonyl (C=O) groups is 2. The molecule has 17 heavy (non-hydrogen) atoms. The van der Waals surface area contributed by atoms with Crippen LogP contribution in [0.3, 0.4) is 0 Å². The van der Waals surface area contributed by atoms with E-state index >= 15 is 0 Å². The molecule has 0 fully saturated rings. The van der Waals surface area contributed by atoms with Gasteiger partial charge in [0.2, 0.25) is 0 Å². The topological polar surface area (TPSA) is 72.8 Å². The third-order valence-electron chi connectivity index (χ3n) is 2.21. The summed E-state index contributed by atoms with van der Waals surface area (Å²) >= 11 is 0. The molecule has 1 atom stereocenters. The lowest BCUT2D eigenvalue weighted by molar-refractivity contribution is -0.148. The van der Waals surface area contributed by atoms with Gasteiger partial charge >= 0.3 is 11.9 Å². The summed E-state index contributed by atoms with van der Waals surface area (Å²) in [5.74, 6) is -1.02. The second kappa shape index (κ2) is 5.89. The maximum absolute atomic E-state index is 11.3. The lowest BCUT2D eigenvalue weighted by Gasteiger charge is -2.14. The number of carboxylic acid groups (broad SMARTS) is 1. The highest BCUT2D eigenvalue weighted by Gasteiger charge is 2.18. The molecule has 0 spiro atoms. The summed E-state index contributed by atoms with van der Waals surface area (Å²) in [7, 11) is 1.29. The Hall–Kier alpha value is -2.04. The van der Waals surface area contributed by atoms with Crippen LogP contribution >= 0.6 is 0 Å². The first-order valence-corrected chi connectivity index (χ1v) is 5.16. The summed E-state index contributed by atoms with van der Waals surface area (Å²) in [6.07, 6.45) is -0.191. The van der Waals surface area contributed by atoms with E-state index in [1.165, 1.54) is 31.4 Å². The molecule has 0 aliphatic rings. The summed E-state index contributed by atoms with van der Waals surface area (Å²) in [4.78, 5) is 21.9. The number of rotatable bonds is 5. The van der Waals surface area contributed by atoms with Crippen molar-refractivity contribution in [2.24, 2.45) is 0 Å². The van der Waals surface area contributed by atoms with Crippen molar-refractivity contribution in [1.82, 2.24) is 0 Å². The van der Waals surface area contributed by atoms with E-state index in [-0.39, 0.29) is 5.56 Å². The van der Waals surface area contributed by atoms with Gasteiger partial charge in [0.15, 0.2) is 6.10 Å². The third kappa shape index (κ3) is 3.48. The van der Waals surface area contributed by atoms with Crippen molar-refractivity contribution in [2.75, 3.05) is 7.11 Å². The van der Waals surface area contributed by atoms with Crippen LogP contribution < -0.4 is 4.74 Å². The van der Waals surface area contributed by atoms with Crippen molar-refractivity contribution in [1.29, 1.82) is 0 Å². The van der Waals surface area contributed by atoms with E-state index in [2.05, 4.69) is 4.74 Å². The molecule has 0 saturated heterocycles. The fourth-order valence-corrected chi connectivity index (χ4v) is 1.27. The Bertz CT molecular complexity index is 396. The van der Waals surface area contributed by atoms with Crippen molar-refractivity contribution in [3.8, 4) is 5.75 Å². The molecule has 5 heteroatoms. The van der Waals surface area contributed by atoms with Gasteiger partial charge in [0.25, 0.3) is 0 Å². The van der Waals surface area contributed by atoms with Crippen LogP contribution in [0, 0.1) is 0 Å². The molecule has 1 rings (SSSR count). The maximum Gasteiger partial charge on any atom is 0.347 e. The van der Waals surface area contributed by atoms with Crippen molar-refractivity contribution >= 4 is 11.9 Å². The Morgan fingerprint density at radius 2 is 1.88 bits per heavy atom. The molecular weight excluding hydrogens is 224 g/mol. The maximum atomic E-state index is 11.3. The van der Waals surface area contributed by atoms with Crippen molar-refractivity contribution in [3.63, 3.8) is 0 Å². The largest absolute Gasteiger partial charge is 0.479 e. The fraction of sp³-hybridized carbons (Fsp3) is 0.333. The number of methoxy groups -OCH3 is 1. The Morgan fingerprint density at radius 1 is 1.29 bits per heavy atom. The number of carbonyl (C=O) groups excluding carboxylic acids is 1. The minimum Gasteiger partial charge on any atom is -0.479 e. The van der Waals surface area contributed by atoms with E-state index in [4.69, 9.17) is 9.84 Å². The summed E-state index contributed by atoms with van der Waals surface area (Å²) < 4.78 is 9.96. The van der Waals surface area contributed by atoms with Gasteiger partial charge in [-0.1, -0.05) is 6.92 Å². The van der Waals surface area contributed by atoms with Gasteiger partial charge in [-0.05, 0) is 30.7 Å². The van der Waals surface area contributed by atoms with E-state index in [1.807, 2.05) is 0 Å². The molecule has 0 aromatic heterocycles. The lowest BCUT2D eigenvalue weighted by atomic mass is 10.2. The van der Waals surface area contributed by atoms with Gasteiger partial charge < -0.3 is 14.6 Å². The molecular formula is C12H14O5. The smallest absolute Gasteiger partial charge is 0.347 e. The Balaban J connectivity index is 2.74. The number of carboxylic acids is 1. The SMILES string of the molecule is CCC(Oc1ccc(C(=O)O)cc1)C(=O)OC. The number of esters is 1. The average Bonchev–Trinajstić information content (AvgIpc) is 2.35. The molecule has 0 bridgehead atoms. The Morgan fingerprint density at radius 3 is 2.29 bits per heavy atom.